The molecule has 0 aromatic carbocycles. The lowest BCUT2D eigenvalue weighted by atomic mass is 10.1. The number of aliphatic hydroxyl groups excluding tert-OH is 1. The van der Waals surface area contributed by atoms with Gasteiger partial charge in [-0.15, -0.1) is 0 Å². The molecular formula is C13H26NO6+. The maximum absolute atomic E-state index is 11.1. The molecule has 0 aromatic rings. The zero-order chi connectivity index (χ0) is 15.8. The second-order valence-corrected chi connectivity index (χ2v) is 5.52. The Morgan fingerprint density at radius 1 is 1.20 bits per heavy atom. The molecule has 0 heterocycles. The second kappa shape index (κ2) is 8.89. The van der Waals surface area contributed by atoms with Crippen LogP contribution < -0.4 is 0 Å². The molecule has 0 aliphatic rings. The van der Waals surface area contributed by atoms with Gasteiger partial charge in [-0.2, -0.15) is 0 Å². The summed E-state index contributed by atoms with van der Waals surface area (Å²) < 4.78 is 10.3. The van der Waals surface area contributed by atoms with Gasteiger partial charge in [-0.1, -0.05) is 6.92 Å². The van der Waals surface area contributed by atoms with E-state index in [4.69, 9.17) is 14.6 Å². The molecule has 0 aliphatic heterocycles. The highest BCUT2D eigenvalue weighted by Crippen LogP contribution is 2.08. The fourth-order valence-electron chi connectivity index (χ4n) is 1.60. The Labute approximate surface area is 119 Å². The summed E-state index contributed by atoms with van der Waals surface area (Å²) in [4.78, 5) is 22.0. The normalized spacial score (nSPS) is 14.7. The second-order valence-electron chi connectivity index (χ2n) is 5.52. The number of hydrogen-bond donors (Lipinski definition) is 2. The quantitative estimate of drug-likeness (QED) is 0.331. The molecule has 7 nitrogen and oxygen atoms in total. The van der Waals surface area contributed by atoms with E-state index in [1.165, 1.54) is 0 Å². The molecule has 0 fully saturated rings. The van der Waals surface area contributed by atoms with Crippen LogP contribution in [-0.2, 0) is 19.1 Å². The SMILES string of the molecule is CCC(=O)OCC(O)COCCC(C(=O)O)[N+](C)(C)C. The fourth-order valence-corrected chi connectivity index (χ4v) is 1.60. The van der Waals surface area contributed by atoms with E-state index in [1.54, 1.807) is 28.1 Å². The Morgan fingerprint density at radius 2 is 1.80 bits per heavy atom. The molecule has 0 saturated heterocycles. The molecule has 2 unspecified atom stereocenters. The predicted molar refractivity (Wildman–Crippen MR) is 72.1 cm³/mol. The molecule has 2 N–H and O–H groups in total. The van der Waals surface area contributed by atoms with Gasteiger partial charge >= 0.3 is 11.9 Å². The van der Waals surface area contributed by atoms with Crippen LogP contribution in [0.4, 0.5) is 0 Å². The monoisotopic (exact) mass is 292 g/mol. The average Bonchev–Trinajstić information content (AvgIpc) is 2.33. The Bertz CT molecular complexity index is 312. The summed E-state index contributed by atoms with van der Waals surface area (Å²) in [5, 5.41) is 18.6. The highest BCUT2D eigenvalue weighted by atomic mass is 16.5. The predicted octanol–water partition coefficient (Wildman–Crippen LogP) is -0.133. The van der Waals surface area contributed by atoms with E-state index < -0.39 is 18.1 Å². The maximum atomic E-state index is 11.1. The maximum Gasteiger partial charge on any atom is 0.362 e. The van der Waals surface area contributed by atoms with Gasteiger partial charge in [0.05, 0.1) is 34.4 Å². The molecule has 0 amide bonds. The third-order valence-corrected chi connectivity index (χ3v) is 2.79. The Kier molecular flexibility index (Phi) is 8.36. The van der Waals surface area contributed by atoms with Gasteiger partial charge in [0.15, 0.2) is 6.04 Å². The van der Waals surface area contributed by atoms with E-state index in [1.807, 2.05) is 0 Å². The van der Waals surface area contributed by atoms with Crippen molar-refractivity contribution in [2.75, 3.05) is 41.0 Å². The van der Waals surface area contributed by atoms with Crippen molar-refractivity contribution in [1.29, 1.82) is 0 Å². The summed E-state index contributed by atoms with van der Waals surface area (Å²) in [6.07, 6.45) is -0.282. The summed E-state index contributed by atoms with van der Waals surface area (Å²) in [5.74, 6) is -1.25. The van der Waals surface area contributed by atoms with Gasteiger partial charge < -0.3 is 24.2 Å². The van der Waals surface area contributed by atoms with Crippen molar-refractivity contribution in [3.05, 3.63) is 0 Å². The van der Waals surface area contributed by atoms with Crippen molar-refractivity contribution in [1.82, 2.24) is 0 Å². The van der Waals surface area contributed by atoms with Crippen LogP contribution in [0, 0.1) is 0 Å². The lowest BCUT2D eigenvalue weighted by Gasteiger charge is -2.31. The molecule has 0 rings (SSSR count). The number of hydrogen-bond acceptors (Lipinski definition) is 5. The zero-order valence-electron chi connectivity index (χ0n) is 12.7. The van der Waals surface area contributed by atoms with E-state index in [-0.39, 0.29) is 32.2 Å². The number of aliphatic carboxylic acids is 1. The zero-order valence-corrected chi connectivity index (χ0v) is 12.7. The summed E-state index contributed by atoms with van der Waals surface area (Å²) in [6.45, 7) is 1.80. The number of carboxylic acids is 1. The number of carbonyl (C=O) groups excluding carboxylic acids is 1. The van der Waals surface area contributed by atoms with Gasteiger partial charge in [0.25, 0.3) is 0 Å². The third-order valence-electron chi connectivity index (χ3n) is 2.79. The van der Waals surface area contributed by atoms with Crippen LogP contribution in [0.1, 0.15) is 19.8 Å². The molecule has 0 aromatic heterocycles. The van der Waals surface area contributed by atoms with Gasteiger partial charge in [0.1, 0.15) is 12.7 Å². The molecule has 7 heteroatoms. The Balaban J connectivity index is 3.89. The first-order valence-corrected chi connectivity index (χ1v) is 6.63. The first-order chi connectivity index (χ1) is 9.18. The molecule has 0 radical (unpaired) electrons. The van der Waals surface area contributed by atoms with Gasteiger partial charge in [-0.3, -0.25) is 4.79 Å². The van der Waals surface area contributed by atoms with E-state index in [2.05, 4.69) is 0 Å². The van der Waals surface area contributed by atoms with E-state index in [0.29, 0.717) is 10.9 Å². The van der Waals surface area contributed by atoms with E-state index in [0.717, 1.165) is 0 Å². The number of carboxylic acid groups (broad SMARTS) is 1. The van der Waals surface area contributed by atoms with Gasteiger partial charge in [-0.25, -0.2) is 4.79 Å². The fraction of sp³-hybridized carbons (Fsp3) is 0.846. The lowest BCUT2D eigenvalue weighted by molar-refractivity contribution is -0.887. The number of rotatable bonds is 10. The number of quaternary nitrogens is 1. The highest BCUT2D eigenvalue weighted by molar-refractivity contribution is 5.72. The lowest BCUT2D eigenvalue weighted by Crippen LogP contribution is -2.50. The van der Waals surface area contributed by atoms with Crippen LogP contribution in [-0.4, -0.2) is 79.7 Å². The number of carbonyl (C=O) groups is 2. The third kappa shape index (κ3) is 8.08. The molecule has 0 aliphatic carbocycles. The summed E-state index contributed by atoms with van der Waals surface area (Å²) in [6, 6.07) is -0.565. The topological polar surface area (TPSA) is 93.1 Å². The molecule has 0 saturated carbocycles. The van der Waals surface area contributed by atoms with Crippen molar-refractivity contribution >= 4 is 11.9 Å². The van der Waals surface area contributed by atoms with Crippen LogP contribution in [0.15, 0.2) is 0 Å². The van der Waals surface area contributed by atoms with Crippen molar-refractivity contribution in [3.63, 3.8) is 0 Å². The molecule has 0 bridgehead atoms. The molecule has 20 heavy (non-hydrogen) atoms. The number of esters is 1. The largest absolute Gasteiger partial charge is 0.477 e. The first-order valence-electron chi connectivity index (χ1n) is 6.63. The van der Waals surface area contributed by atoms with E-state index >= 15 is 0 Å². The van der Waals surface area contributed by atoms with Crippen molar-refractivity contribution in [2.45, 2.75) is 31.9 Å². The van der Waals surface area contributed by atoms with Crippen molar-refractivity contribution in [3.8, 4) is 0 Å². The van der Waals surface area contributed by atoms with E-state index in [9.17, 15) is 14.7 Å². The van der Waals surface area contributed by atoms with Crippen LogP contribution in [0.2, 0.25) is 0 Å². The summed E-state index contributed by atoms with van der Waals surface area (Å²) in [7, 11) is 5.41. The molecule has 2 atom stereocenters. The van der Waals surface area contributed by atoms with Crippen molar-refractivity contribution < 1.29 is 33.8 Å². The van der Waals surface area contributed by atoms with Gasteiger partial charge in [-0.05, 0) is 0 Å². The molecule has 0 spiro atoms. The van der Waals surface area contributed by atoms with Crippen LogP contribution in [0.25, 0.3) is 0 Å². The van der Waals surface area contributed by atoms with Crippen LogP contribution >= 0.6 is 0 Å². The van der Waals surface area contributed by atoms with Crippen molar-refractivity contribution in [2.24, 2.45) is 0 Å². The number of likely N-dealkylation sites (N-methyl/N-ethyl adjacent to an activating group) is 1. The minimum Gasteiger partial charge on any atom is -0.477 e. The minimum absolute atomic E-state index is 0.0144. The Morgan fingerprint density at radius 3 is 2.25 bits per heavy atom. The standard InChI is InChI=1S/C13H25NO6/c1-5-12(16)20-9-10(15)8-19-7-6-11(13(17)18)14(2,3)4/h10-11,15H,5-9H2,1-4H3/p+1. The number of aliphatic hydroxyl groups is 1. The summed E-state index contributed by atoms with van der Waals surface area (Å²) in [5.41, 5.74) is 0. The minimum atomic E-state index is -0.891. The Hall–Kier alpha value is -1.18. The summed E-state index contributed by atoms with van der Waals surface area (Å²) >= 11 is 0. The van der Waals surface area contributed by atoms with Crippen LogP contribution in [0.3, 0.4) is 0 Å². The smallest absolute Gasteiger partial charge is 0.362 e. The average molecular weight is 292 g/mol. The highest BCUT2D eigenvalue weighted by Gasteiger charge is 2.30. The number of nitrogens with zero attached hydrogens (tertiary/aromatic N) is 1. The van der Waals surface area contributed by atoms with Crippen LogP contribution in [0.5, 0.6) is 0 Å². The van der Waals surface area contributed by atoms with Gasteiger partial charge in [0, 0.05) is 12.8 Å². The molecule has 118 valence electrons. The van der Waals surface area contributed by atoms with Gasteiger partial charge in [0.2, 0.25) is 0 Å². The molecular weight excluding hydrogens is 266 g/mol. The first kappa shape index (κ1) is 18.8. The number of ether oxygens (including phenoxy) is 2.